The monoisotopic (exact) mass is 287 g/mol. The number of hydrogen-bond acceptors (Lipinski definition) is 3. The van der Waals surface area contributed by atoms with Gasteiger partial charge in [-0.2, -0.15) is 0 Å². The molecular formula is C16H17NO4. The molecule has 1 heterocycles. The van der Waals surface area contributed by atoms with Gasteiger partial charge in [0.1, 0.15) is 11.1 Å². The number of carboxylic acids is 1. The highest BCUT2D eigenvalue weighted by Crippen LogP contribution is 2.40. The molecule has 2 aromatic rings. The van der Waals surface area contributed by atoms with Gasteiger partial charge in [0.25, 0.3) is 5.91 Å². The molecule has 1 amide bonds. The van der Waals surface area contributed by atoms with Gasteiger partial charge >= 0.3 is 5.97 Å². The van der Waals surface area contributed by atoms with Crippen molar-refractivity contribution in [2.45, 2.75) is 32.2 Å². The van der Waals surface area contributed by atoms with Crippen molar-refractivity contribution < 1.29 is 19.1 Å². The molecule has 21 heavy (non-hydrogen) atoms. The predicted octanol–water partition coefficient (Wildman–Crippen LogP) is 2.72. The van der Waals surface area contributed by atoms with Crippen LogP contribution >= 0.6 is 0 Å². The molecule has 1 atom stereocenters. The van der Waals surface area contributed by atoms with Crippen LogP contribution in [0.4, 0.5) is 0 Å². The minimum atomic E-state index is -1.23. The average molecular weight is 287 g/mol. The molecule has 2 N–H and O–H groups in total. The van der Waals surface area contributed by atoms with Crippen molar-refractivity contribution in [3.8, 4) is 0 Å². The van der Waals surface area contributed by atoms with E-state index in [4.69, 9.17) is 4.42 Å². The molecule has 0 radical (unpaired) electrons. The van der Waals surface area contributed by atoms with Crippen LogP contribution < -0.4 is 5.32 Å². The van der Waals surface area contributed by atoms with Crippen molar-refractivity contribution in [3.05, 3.63) is 35.6 Å². The molecule has 1 aromatic carbocycles. The molecule has 0 spiro atoms. The Balaban J connectivity index is 1.88. The van der Waals surface area contributed by atoms with Crippen LogP contribution in [0.2, 0.25) is 0 Å². The van der Waals surface area contributed by atoms with E-state index in [9.17, 15) is 14.7 Å². The number of amides is 1. The maximum Gasteiger partial charge on any atom is 0.329 e. The number of furan rings is 1. The van der Waals surface area contributed by atoms with Crippen molar-refractivity contribution in [1.29, 1.82) is 0 Å². The Morgan fingerprint density at radius 2 is 2.05 bits per heavy atom. The van der Waals surface area contributed by atoms with Crippen molar-refractivity contribution in [3.63, 3.8) is 0 Å². The number of aryl methyl sites for hydroxylation is 1. The Kier molecular flexibility index (Phi) is 3.01. The standard InChI is InChI=1S/C16H17NO4/c1-9-3-6-12-10(7-9)8-13(21-12)14(18)17-16(2,15(19)20)11-4-5-11/h3,6-8,11H,4-5H2,1-2H3,(H,17,18)(H,19,20). The van der Waals surface area contributed by atoms with Gasteiger partial charge in [0, 0.05) is 5.39 Å². The first-order valence-corrected chi connectivity index (χ1v) is 6.96. The fraction of sp³-hybridized carbons (Fsp3) is 0.375. The second-order valence-corrected chi connectivity index (χ2v) is 5.89. The molecule has 1 aromatic heterocycles. The first-order valence-electron chi connectivity index (χ1n) is 6.96. The van der Waals surface area contributed by atoms with Crippen molar-refractivity contribution in [1.82, 2.24) is 5.32 Å². The predicted molar refractivity (Wildman–Crippen MR) is 77.2 cm³/mol. The number of carbonyl (C=O) groups is 2. The van der Waals surface area contributed by atoms with Gasteiger partial charge in [0.15, 0.2) is 5.76 Å². The van der Waals surface area contributed by atoms with Crippen LogP contribution in [0.25, 0.3) is 11.0 Å². The lowest BCUT2D eigenvalue weighted by molar-refractivity contribution is -0.144. The highest BCUT2D eigenvalue weighted by Gasteiger charge is 2.48. The van der Waals surface area contributed by atoms with Crippen molar-refractivity contribution in [2.75, 3.05) is 0 Å². The van der Waals surface area contributed by atoms with E-state index in [0.717, 1.165) is 23.8 Å². The summed E-state index contributed by atoms with van der Waals surface area (Å²) in [5.41, 5.74) is 0.462. The van der Waals surface area contributed by atoms with Crippen LogP contribution in [0, 0.1) is 12.8 Å². The number of aliphatic carboxylic acids is 1. The number of benzene rings is 1. The summed E-state index contributed by atoms with van der Waals surface area (Å²) in [7, 11) is 0. The first kappa shape index (κ1) is 13.7. The number of carboxylic acid groups (broad SMARTS) is 1. The summed E-state index contributed by atoms with van der Waals surface area (Å²) in [4.78, 5) is 23.7. The van der Waals surface area contributed by atoms with E-state index in [0.29, 0.717) is 5.58 Å². The lowest BCUT2D eigenvalue weighted by atomic mass is 9.96. The molecule has 1 unspecified atom stereocenters. The fourth-order valence-corrected chi connectivity index (χ4v) is 2.56. The molecule has 0 saturated heterocycles. The molecule has 110 valence electrons. The van der Waals surface area contributed by atoms with Gasteiger partial charge in [0.2, 0.25) is 0 Å². The lowest BCUT2D eigenvalue weighted by Gasteiger charge is -2.25. The molecule has 1 aliphatic carbocycles. The maximum absolute atomic E-state index is 12.3. The van der Waals surface area contributed by atoms with Crippen LogP contribution in [0.5, 0.6) is 0 Å². The molecule has 0 aliphatic heterocycles. The zero-order valence-electron chi connectivity index (χ0n) is 12.0. The van der Waals surface area contributed by atoms with E-state index in [1.165, 1.54) is 0 Å². The average Bonchev–Trinajstić information content (AvgIpc) is 3.19. The minimum Gasteiger partial charge on any atom is -0.480 e. The SMILES string of the molecule is Cc1ccc2oc(C(=O)NC(C)(C(=O)O)C3CC3)cc2c1. The summed E-state index contributed by atoms with van der Waals surface area (Å²) in [6, 6.07) is 7.28. The smallest absolute Gasteiger partial charge is 0.329 e. The van der Waals surface area contributed by atoms with Gasteiger partial charge in [-0.1, -0.05) is 11.6 Å². The van der Waals surface area contributed by atoms with Crippen molar-refractivity contribution >= 4 is 22.8 Å². The second kappa shape index (κ2) is 4.62. The normalized spacial score (nSPS) is 17.4. The third-order valence-electron chi connectivity index (χ3n) is 4.11. The van der Waals surface area contributed by atoms with Crippen LogP contribution in [0.3, 0.4) is 0 Å². The molecule has 5 heteroatoms. The van der Waals surface area contributed by atoms with Crippen LogP contribution in [0.1, 0.15) is 35.9 Å². The molecule has 5 nitrogen and oxygen atoms in total. The van der Waals surface area contributed by atoms with Crippen molar-refractivity contribution in [2.24, 2.45) is 5.92 Å². The summed E-state index contributed by atoms with van der Waals surface area (Å²) < 4.78 is 5.51. The van der Waals surface area contributed by atoms with E-state index >= 15 is 0 Å². The zero-order chi connectivity index (χ0) is 15.2. The van der Waals surface area contributed by atoms with Crippen LogP contribution in [-0.4, -0.2) is 22.5 Å². The minimum absolute atomic E-state index is 0.00873. The summed E-state index contributed by atoms with van der Waals surface area (Å²) in [5, 5.41) is 12.8. The Labute approximate surface area is 121 Å². The number of nitrogens with one attached hydrogen (secondary N) is 1. The first-order chi connectivity index (χ1) is 9.90. The van der Waals surface area contributed by atoms with Gasteiger partial charge in [-0.3, -0.25) is 4.79 Å². The van der Waals surface area contributed by atoms with E-state index in [-0.39, 0.29) is 11.7 Å². The Bertz CT molecular complexity index is 729. The largest absolute Gasteiger partial charge is 0.480 e. The third-order valence-corrected chi connectivity index (χ3v) is 4.11. The highest BCUT2D eigenvalue weighted by molar-refractivity contribution is 5.99. The molecule has 3 rings (SSSR count). The summed E-state index contributed by atoms with van der Waals surface area (Å²) in [5.74, 6) is -1.36. The highest BCUT2D eigenvalue weighted by atomic mass is 16.4. The lowest BCUT2D eigenvalue weighted by Crippen LogP contribution is -2.53. The number of carbonyl (C=O) groups excluding carboxylic acids is 1. The molecule has 0 bridgehead atoms. The third kappa shape index (κ3) is 2.39. The van der Waals surface area contributed by atoms with E-state index in [1.807, 2.05) is 19.1 Å². The Hall–Kier alpha value is -2.30. The second-order valence-electron chi connectivity index (χ2n) is 5.89. The van der Waals surface area contributed by atoms with Gasteiger partial charge < -0.3 is 14.8 Å². The van der Waals surface area contributed by atoms with Gasteiger partial charge in [0.05, 0.1) is 0 Å². The fourth-order valence-electron chi connectivity index (χ4n) is 2.56. The summed E-state index contributed by atoms with van der Waals surface area (Å²) >= 11 is 0. The quantitative estimate of drug-likeness (QED) is 0.906. The van der Waals surface area contributed by atoms with Gasteiger partial charge in [-0.05, 0) is 50.8 Å². The van der Waals surface area contributed by atoms with E-state index in [1.54, 1.807) is 19.1 Å². The molecule has 1 aliphatic rings. The van der Waals surface area contributed by atoms with E-state index in [2.05, 4.69) is 5.32 Å². The van der Waals surface area contributed by atoms with Crippen LogP contribution in [-0.2, 0) is 4.79 Å². The topological polar surface area (TPSA) is 79.5 Å². The van der Waals surface area contributed by atoms with Crippen LogP contribution in [0.15, 0.2) is 28.7 Å². The van der Waals surface area contributed by atoms with Gasteiger partial charge in [-0.25, -0.2) is 4.79 Å². The maximum atomic E-state index is 12.3. The Morgan fingerprint density at radius 3 is 2.67 bits per heavy atom. The Morgan fingerprint density at radius 1 is 1.33 bits per heavy atom. The molecule has 1 fully saturated rings. The number of hydrogen-bond donors (Lipinski definition) is 2. The zero-order valence-corrected chi connectivity index (χ0v) is 12.0. The summed E-state index contributed by atoms with van der Waals surface area (Å²) in [6.07, 6.45) is 1.64. The number of fused-ring (bicyclic) bond motifs is 1. The van der Waals surface area contributed by atoms with E-state index < -0.39 is 17.4 Å². The molecular weight excluding hydrogens is 270 g/mol. The number of rotatable bonds is 4. The van der Waals surface area contributed by atoms with Gasteiger partial charge in [-0.15, -0.1) is 0 Å². The molecule has 1 saturated carbocycles. The summed E-state index contributed by atoms with van der Waals surface area (Å²) in [6.45, 7) is 3.51.